The Morgan fingerprint density at radius 2 is 1.85 bits per heavy atom. The van der Waals surface area contributed by atoms with Crippen LogP contribution in [0.1, 0.15) is 6.42 Å². The van der Waals surface area contributed by atoms with E-state index in [2.05, 4.69) is 5.32 Å². The third-order valence-electron chi connectivity index (χ3n) is 2.54. The van der Waals surface area contributed by atoms with Gasteiger partial charge in [-0.1, -0.05) is 0 Å². The number of amides is 3. The zero-order valence-electron chi connectivity index (χ0n) is 10.7. The number of nitrogens with one attached hydrogen (secondary N) is 1. The van der Waals surface area contributed by atoms with Crippen LogP contribution in [-0.4, -0.2) is 41.2 Å². The lowest BCUT2D eigenvalue weighted by molar-refractivity contribution is -0.140. The van der Waals surface area contributed by atoms with E-state index in [1.54, 1.807) is 0 Å². The zero-order chi connectivity index (χ0) is 15.3. The molecule has 0 spiro atoms. The third-order valence-corrected chi connectivity index (χ3v) is 2.54. The fourth-order valence-corrected chi connectivity index (χ4v) is 1.44. The van der Waals surface area contributed by atoms with Gasteiger partial charge in [-0.3, -0.25) is 9.69 Å². The molecule has 1 aromatic carbocycles. The highest BCUT2D eigenvalue weighted by Gasteiger charge is 2.24. The van der Waals surface area contributed by atoms with E-state index in [0.717, 1.165) is 4.90 Å². The number of rotatable bonds is 5. The molecule has 3 amide bonds. The summed E-state index contributed by atoms with van der Waals surface area (Å²) < 4.78 is 0. The van der Waals surface area contributed by atoms with Crippen LogP contribution in [0, 0.1) is 0 Å². The number of aromatic hydroxyl groups is 1. The number of carbonyl (C=O) groups excluding carboxylic acids is 2. The summed E-state index contributed by atoms with van der Waals surface area (Å²) in [6, 6.07) is 3.65. The molecule has 0 unspecified atom stereocenters. The first-order valence-corrected chi connectivity index (χ1v) is 5.65. The van der Waals surface area contributed by atoms with Crippen LogP contribution in [0.5, 0.6) is 5.75 Å². The van der Waals surface area contributed by atoms with Crippen molar-refractivity contribution < 1.29 is 24.6 Å². The van der Waals surface area contributed by atoms with Gasteiger partial charge in [-0.15, -0.1) is 0 Å². The fraction of sp³-hybridized carbons (Fsp3) is 0.250. The number of aliphatic carboxylic acids is 1. The van der Waals surface area contributed by atoms with Crippen molar-refractivity contribution in [2.75, 3.05) is 11.9 Å². The number of carbonyl (C=O) groups is 3. The van der Waals surface area contributed by atoms with Crippen molar-refractivity contribution in [2.24, 2.45) is 5.73 Å². The molecular weight excluding hydrogens is 266 g/mol. The van der Waals surface area contributed by atoms with Crippen molar-refractivity contribution in [2.45, 2.75) is 12.5 Å². The van der Waals surface area contributed by atoms with E-state index < -0.39 is 30.4 Å². The summed E-state index contributed by atoms with van der Waals surface area (Å²) in [6.45, 7) is 0. The molecule has 0 aromatic heterocycles. The van der Waals surface area contributed by atoms with Crippen molar-refractivity contribution in [1.82, 2.24) is 5.32 Å². The Morgan fingerprint density at radius 3 is 2.30 bits per heavy atom. The third kappa shape index (κ3) is 4.16. The van der Waals surface area contributed by atoms with Crippen molar-refractivity contribution in [3.63, 3.8) is 0 Å². The number of nitrogens with zero attached hydrogens (tertiary/aromatic N) is 1. The average Bonchev–Trinajstić information content (AvgIpc) is 2.37. The Bertz CT molecular complexity index is 514. The number of hydrogen-bond acceptors (Lipinski definition) is 4. The number of urea groups is 1. The zero-order valence-corrected chi connectivity index (χ0v) is 10.7. The molecule has 0 aliphatic rings. The second-order valence-electron chi connectivity index (χ2n) is 4.09. The van der Waals surface area contributed by atoms with Gasteiger partial charge in [-0.05, 0) is 24.3 Å². The average molecular weight is 281 g/mol. The number of carboxylic acid groups (broad SMARTS) is 1. The second-order valence-corrected chi connectivity index (χ2v) is 4.09. The van der Waals surface area contributed by atoms with E-state index in [1.807, 2.05) is 0 Å². The molecule has 0 saturated heterocycles. The number of nitrogens with two attached hydrogens (primary N) is 1. The molecule has 108 valence electrons. The van der Waals surface area contributed by atoms with Crippen LogP contribution < -0.4 is 16.0 Å². The van der Waals surface area contributed by atoms with Gasteiger partial charge < -0.3 is 21.3 Å². The Kier molecular flexibility index (Phi) is 4.90. The summed E-state index contributed by atoms with van der Waals surface area (Å²) >= 11 is 0. The maximum Gasteiger partial charge on any atom is 0.326 e. The molecule has 0 aliphatic heterocycles. The van der Waals surface area contributed by atoms with Gasteiger partial charge in [0.1, 0.15) is 11.8 Å². The SMILES string of the molecule is CN(C(=O)N[C@@H](CC(N)=O)C(=O)O)c1ccc(O)cc1. The first-order chi connectivity index (χ1) is 9.31. The highest BCUT2D eigenvalue weighted by molar-refractivity contribution is 5.95. The van der Waals surface area contributed by atoms with Gasteiger partial charge in [0, 0.05) is 12.7 Å². The molecular formula is C12H15N3O5. The predicted molar refractivity (Wildman–Crippen MR) is 70.3 cm³/mol. The Morgan fingerprint density at radius 1 is 1.30 bits per heavy atom. The molecule has 0 aliphatic carbocycles. The summed E-state index contributed by atoms with van der Waals surface area (Å²) in [5, 5.41) is 20.2. The molecule has 0 radical (unpaired) electrons. The van der Waals surface area contributed by atoms with Crippen molar-refractivity contribution >= 4 is 23.6 Å². The molecule has 1 atom stereocenters. The second kappa shape index (κ2) is 6.41. The molecule has 1 rings (SSSR count). The molecule has 0 bridgehead atoms. The monoisotopic (exact) mass is 281 g/mol. The lowest BCUT2D eigenvalue weighted by atomic mass is 10.2. The van der Waals surface area contributed by atoms with E-state index >= 15 is 0 Å². The number of carboxylic acids is 1. The molecule has 20 heavy (non-hydrogen) atoms. The number of anilines is 1. The molecule has 0 heterocycles. The van der Waals surface area contributed by atoms with Crippen LogP contribution >= 0.6 is 0 Å². The topological polar surface area (TPSA) is 133 Å². The van der Waals surface area contributed by atoms with Gasteiger partial charge in [0.05, 0.1) is 6.42 Å². The van der Waals surface area contributed by atoms with Gasteiger partial charge in [0.15, 0.2) is 0 Å². The first-order valence-electron chi connectivity index (χ1n) is 5.65. The highest BCUT2D eigenvalue weighted by atomic mass is 16.4. The maximum absolute atomic E-state index is 11.9. The van der Waals surface area contributed by atoms with Crippen LogP contribution in [0.3, 0.4) is 0 Å². The highest BCUT2D eigenvalue weighted by Crippen LogP contribution is 2.17. The van der Waals surface area contributed by atoms with E-state index in [4.69, 9.17) is 15.9 Å². The van der Waals surface area contributed by atoms with Gasteiger partial charge in [0.2, 0.25) is 5.91 Å². The van der Waals surface area contributed by atoms with Gasteiger partial charge in [-0.25, -0.2) is 9.59 Å². The number of phenols is 1. The summed E-state index contributed by atoms with van der Waals surface area (Å²) in [4.78, 5) is 34.7. The number of benzene rings is 1. The summed E-state index contributed by atoms with van der Waals surface area (Å²) in [6.07, 6.45) is -0.496. The van der Waals surface area contributed by atoms with E-state index in [1.165, 1.54) is 31.3 Å². The molecule has 5 N–H and O–H groups in total. The molecule has 1 aromatic rings. The van der Waals surface area contributed by atoms with Crippen LogP contribution in [-0.2, 0) is 9.59 Å². The van der Waals surface area contributed by atoms with Gasteiger partial charge in [0.25, 0.3) is 0 Å². The lowest BCUT2D eigenvalue weighted by Gasteiger charge is -2.21. The lowest BCUT2D eigenvalue weighted by Crippen LogP contribution is -2.48. The van der Waals surface area contributed by atoms with Gasteiger partial charge in [-0.2, -0.15) is 0 Å². The van der Waals surface area contributed by atoms with E-state index in [9.17, 15) is 14.4 Å². The Balaban J connectivity index is 2.75. The normalized spacial score (nSPS) is 11.4. The van der Waals surface area contributed by atoms with Crippen molar-refractivity contribution in [1.29, 1.82) is 0 Å². The van der Waals surface area contributed by atoms with Crippen LogP contribution in [0.4, 0.5) is 10.5 Å². The largest absolute Gasteiger partial charge is 0.508 e. The Hall–Kier alpha value is -2.77. The van der Waals surface area contributed by atoms with Crippen LogP contribution in [0.15, 0.2) is 24.3 Å². The molecule has 0 fully saturated rings. The minimum absolute atomic E-state index is 0.0414. The van der Waals surface area contributed by atoms with E-state index in [-0.39, 0.29) is 5.75 Å². The first kappa shape index (κ1) is 15.3. The standard InChI is InChI=1S/C12H15N3O5/c1-15(7-2-4-8(16)5-3-7)12(20)14-9(11(18)19)6-10(13)17/h2-5,9,16H,6H2,1H3,(H2,13,17)(H,14,20)(H,18,19)/t9-/m0/s1. The predicted octanol–water partition coefficient (Wildman–Crippen LogP) is -0.133. The number of phenolic OH excluding ortho intramolecular Hbond substituents is 1. The molecule has 8 heteroatoms. The molecule has 0 saturated carbocycles. The van der Waals surface area contributed by atoms with Crippen LogP contribution in [0.2, 0.25) is 0 Å². The quantitative estimate of drug-likeness (QED) is 0.596. The van der Waals surface area contributed by atoms with Crippen molar-refractivity contribution in [3.05, 3.63) is 24.3 Å². The minimum atomic E-state index is -1.39. The summed E-state index contributed by atoms with van der Waals surface area (Å²) in [5.41, 5.74) is 5.36. The number of hydrogen-bond donors (Lipinski definition) is 4. The summed E-state index contributed by atoms with van der Waals surface area (Å²) in [5.74, 6) is -2.14. The molecule has 8 nitrogen and oxygen atoms in total. The van der Waals surface area contributed by atoms with Gasteiger partial charge >= 0.3 is 12.0 Å². The number of primary amides is 1. The summed E-state index contributed by atoms with van der Waals surface area (Å²) in [7, 11) is 1.42. The minimum Gasteiger partial charge on any atom is -0.508 e. The fourth-order valence-electron chi connectivity index (χ4n) is 1.44. The maximum atomic E-state index is 11.9. The smallest absolute Gasteiger partial charge is 0.326 e. The van der Waals surface area contributed by atoms with E-state index in [0.29, 0.717) is 5.69 Å². The van der Waals surface area contributed by atoms with Crippen LogP contribution in [0.25, 0.3) is 0 Å². The Labute approximate surface area is 114 Å². The van der Waals surface area contributed by atoms with Crippen molar-refractivity contribution in [3.8, 4) is 5.75 Å².